The first kappa shape index (κ1) is 27.9. The summed E-state index contributed by atoms with van der Waals surface area (Å²) in [5, 5.41) is 9.31. The molecule has 3 aliphatic rings. The summed E-state index contributed by atoms with van der Waals surface area (Å²) >= 11 is 3.72. The Labute approximate surface area is 217 Å². The molecule has 0 radical (unpaired) electrons. The van der Waals surface area contributed by atoms with Crippen molar-refractivity contribution in [1.82, 2.24) is 14.7 Å². The summed E-state index contributed by atoms with van der Waals surface area (Å²) in [5.74, 6) is -1.85. The molecule has 196 valence electrons. The van der Waals surface area contributed by atoms with Crippen molar-refractivity contribution < 1.29 is 24.2 Å². The van der Waals surface area contributed by atoms with Crippen molar-refractivity contribution in [2.75, 3.05) is 32.8 Å². The smallest absolute Gasteiger partial charge is 0.248 e. The Hall–Kier alpha value is -1.71. The molecule has 0 aromatic rings. The summed E-state index contributed by atoms with van der Waals surface area (Å²) in [4.78, 5) is 46.8. The van der Waals surface area contributed by atoms with Crippen LogP contribution in [0.2, 0.25) is 0 Å². The van der Waals surface area contributed by atoms with Gasteiger partial charge in [-0.1, -0.05) is 35.0 Å². The third kappa shape index (κ3) is 4.83. The van der Waals surface area contributed by atoms with Gasteiger partial charge in [0.1, 0.15) is 11.6 Å². The maximum Gasteiger partial charge on any atom is 0.248 e. The zero-order valence-electron chi connectivity index (χ0n) is 21.2. The summed E-state index contributed by atoms with van der Waals surface area (Å²) in [6.07, 6.45) is 5.28. The molecule has 1 spiro atoms. The number of alkyl halides is 1. The van der Waals surface area contributed by atoms with E-state index in [0.29, 0.717) is 45.4 Å². The van der Waals surface area contributed by atoms with Gasteiger partial charge in [-0.2, -0.15) is 0 Å². The van der Waals surface area contributed by atoms with Gasteiger partial charge in [-0.15, -0.1) is 13.2 Å². The van der Waals surface area contributed by atoms with Crippen molar-refractivity contribution in [3.63, 3.8) is 0 Å². The monoisotopic (exact) mass is 553 g/mol. The second-order valence-corrected chi connectivity index (χ2v) is 11.2. The number of nitrogens with zero attached hydrogens (tertiary/aromatic N) is 3. The average molecular weight is 555 g/mol. The van der Waals surface area contributed by atoms with Crippen LogP contribution in [0.25, 0.3) is 0 Å². The number of unbranched alkanes of at least 4 members (excludes halogenated alkanes) is 1. The van der Waals surface area contributed by atoms with Crippen LogP contribution >= 0.6 is 15.9 Å². The van der Waals surface area contributed by atoms with Crippen LogP contribution in [0.4, 0.5) is 0 Å². The quantitative estimate of drug-likeness (QED) is 0.215. The van der Waals surface area contributed by atoms with Gasteiger partial charge in [0, 0.05) is 43.7 Å². The molecule has 3 unspecified atom stereocenters. The lowest BCUT2D eigenvalue weighted by Gasteiger charge is -2.38. The molecule has 3 fully saturated rings. The summed E-state index contributed by atoms with van der Waals surface area (Å²) in [6.45, 7) is 15.2. The van der Waals surface area contributed by atoms with Gasteiger partial charge >= 0.3 is 0 Å². The fraction of sp³-hybridized carbons (Fsp3) is 0.731. The molecule has 0 aromatic carbocycles. The molecule has 3 rings (SSSR count). The zero-order chi connectivity index (χ0) is 25.9. The van der Waals surface area contributed by atoms with Crippen LogP contribution in [-0.4, -0.2) is 98.9 Å². The normalized spacial score (nSPS) is 31.1. The molecule has 8 nitrogen and oxygen atoms in total. The number of rotatable bonds is 13. The van der Waals surface area contributed by atoms with Gasteiger partial charge in [-0.25, -0.2) is 0 Å². The van der Waals surface area contributed by atoms with Crippen molar-refractivity contribution in [3.8, 4) is 0 Å². The third-order valence-corrected chi connectivity index (χ3v) is 8.35. The number of fused-ring (bicyclic) bond motifs is 1. The molecule has 1 N–H and O–H groups in total. The Kier molecular flexibility index (Phi) is 9.21. The van der Waals surface area contributed by atoms with Gasteiger partial charge in [-0.3, -0.25) is 14.4 Å². The van der Waals surface area contributed by atoms with Crippen molar-refractivity contribution in [2.24, 2.45) is 11.8 Å². The van der Waals surface area contributed by atoms with Gasteiger partial charge in [0.15, 0.2) is 0 Å². The molecule has 3 saturated heterocycles. The second-order valence-electron chi connectivity index (χ2n) is 10.1. The van der Waals surface area contributed by atoms with Crippen LogP contribution in [-0.2, 0) is 19.1 Å². The number of halogens is 1. The van der Waals surface area contributed by atoms with Crippen LogP contribution in [0.15, 0.2) is 25.3 Å². The highest BCUT2D eigenvalue weighted by molar-refractivity contribution is 9.09. The van der Waals surface area contributed by atoms with E-state index in [2.05, 4.69) is 29.1 Å². The largest absolute Gasteiger partial charge is 0.396 e. The summed E-state index contributed by atoms with van der Waals surface area (Å²) in [6, 6.07) is -0.906. The molecule has 9 heteroatoms. The minimum atomic E-state index is -1.06. The highest BCUT2D eigenvalue weighted by atomic mass is 79.9. The summed E-state index contributed by atoms with van der Waals surface area (Å²) in [7, 11) is 0. The molecule has 0 aliphatic carbocycles. The predicted octanol–water partition coefficient (Wildman–Crippen LogP) is 2.35. The summed E-state index contributed by atoms with van der Waals surface area (Å²) in [5.41, 5.74) is -1.06. The van der Waals surface area contributed by atoms with E-state index in [0.717, 1.165) is 6.42 Å². The van der Waals surface area contributed by atoms with E-state index in [1.807, 2.05) is 20.8 Å². The molecule has 0 saturated carbocycles. The highest BCUT2D eigenvalue weighted by Gasteiger charge is 2.76. The number of carbonyl (C=O) groups is 3. The third-order valence-electron chi connectivity index (χ3n) is 7.50. The Balaban J connectivity index is 2.05. The molecule has 6 atom stereocenters. The Morgan fingerprint density at radius 1 is 1.26 bits per heavy atom. The van der Waals surface area contributed by atoms with E-state index in [9.17, 15) is 19.5 Å². The van der Waals surface area contributed by atoms with E-state index in [4.69, 9.17) is 4.74 Å². The number of hydrogen-bond donors (Lipinski definition) is 1. The van der Waals surface area contributed by atoms with Gasteiger partial charge in [0.25, 0.3) is 0 Å². The molecule has 0 aromatic heterocycles. The topological polar surface area (TPSA) is 90.4 Å². The first-order valence-corrected chi connectivity index (χ1v) is 13.7. The van der Waals surface area contributed by atoms with E-state index < -0.39 is 29.6 Å². The average Bonchev–Trinajstić information content (AvgIpc) is 3.40. The Morgan fingerprint density at radius 3 is 2.51 bits per heavy atom. The van der Waals surface area contributed by atoms with E-state index in [-0.39, 0.29) is 35.2 Å². The minimum Gasteiger partial charge on any atom is -0.396 e. The lowest BCUT2D eigenvalue weighted by atomic mass is 9.70. The lowest BCUT2D eigenvalue weighted by Crippen LogP contribution is -2.58. The van der Waals surface area contributed by atoms with Crippen LogP contribution in [0, 0.1) is 11.8 Å². The number of amides is 3. The maximum absolute atomic E-state index is 14.0. The number of likely N-dealkylation sites (tertiary alicyclic amines) is 1. The fourth-order valence-electron chi connectivity index (χ4n) is 6.10. The van der Waals surface area contributed by atoms with Crippen molar-refractivity contribution in [1.29, 1.82) is 0 Å². The summed E-state index contributed by atoms with van der Waals surface area (Å²) < 4.78 is 6.58. The van der Waals surface area contributed by atoms with Crippen molar-refractivity contribution in [2.45, 2.75) is 75.1 Å². The molecule has 3 aliphatic heterocycles. The number of aliphatic hydroxyl groups excluding tert-OH is 1. The number of hydrogen-bond acceptors (Lipinski definition) is 5. The van der Waals surface area contributed by atoms with E-state index in [1.165, 1.54) is 0 Å². The number of carbonyl (C=O) groups excluding carboxylic acids is 3. The van der Waals surface area contributed by atoms with E-state index >= 15 is 0 Å². The molecule has 3 heterocycles. The molecule has 2 bridgehead atoms. The zero-order valence-corrected chi connectivity index (χ0v) is 22.8. The van der Waals surface area contributed by atoms with Gasteiger partial charge < -0.3 is 24.5 Å². The molecular weight excluding hydrogens is 514 g/mol. The molecular formula is C26H40BrN3O5. The van der Waals surface area contributed by atoms with Gasteiger partial charge in [0.05, 0.1) is 17.9 Å². The first-order chi connectivity index (χ1) is 16.7. The predicted molar refractivity (Wildman–Crippen MR) is 138 cm³/mol. The minimum absolute atomic E-state index is 0.0144. The Bertz CT molecular complexity index is 836. The highest BCUT2D eigenvalue weighted by Crippen LogP contribution is 2.60. The lowest BCUT2D eigenvalue weighted by molar-refractivity contribution is -0.149. The SMILES string of the molecule is C=CCN(CCC)C(=O)[C@H]1[C@H]2C(=O)N(CCCCO)C(C(=O)N(CC=C)C(C)C)C23CC(Br)[C@@H]1O3. The maximum atomic E-state index is 14.0. The second kappa shape index (κ2) is 11.6. The van der Waals surface area contributed by atoms with Crippen LogP contribution < -0.4 is 0 Å². The van der Waals surface area contributed by atoms with E-state index in [1.54, 1.807) is 26.9 Å². The van der Waals surface area contributed by atoms with Gasteiger partial charge in [-0.05, 0) is 39.5 Å². The molecule has 35 heavy (non-hydrogen) atoms. The first-order valence-electron chi connectivity index (χ1n) is 12.7. The van der Waals surface area contributed by atoms with Crippen LogP contribution in [0.1, 0.15) is 46.5 Å². The van der Waals surface area contributed by atoms with Crippen LogP contribution in [0.3, 0.4) is 0 Å². The standard InChI is InChI=1S/C26H40BrN3O5/c1-6-11-28(12-7-2)23(32)19-20-24(33)30(14-9-10-15-31)22(25(34)29(13-8-3)17(4)5)26(20)16-18(27)21(19)35-26/h6,8,17-22,31H,1,3,7,9-16H2,2,4-5H3/t18?,19-,20-,21-,22?,26?/m0/s1. The Morgan fingerprint density at radius 2 is 1.94 bits per heavy atom. The van der Waals surface area contributed by atoms with Crippen LogP contribution in [0.5, 0.6) is 0 Å². The number of ether oxygens (including phenoxy) is 1. The number of aliphatic hydroxyl groups is 1. The van der Waals surface area contributed by atoms with Gasteiger partial charge in [0.2, 0.25) is 17.7 Å². The molecule has 3 amide bonds. The van der Waals surface area contributed by atoms with Crippen molar-refractivity contribution >= 4 is 33.7 Å². The van der Waals surface area contributed by atoms with Crippen molar-refractivity contribution in [3.05, 3.63) is 25.3 Å². The fourth-order valence-corrected chi connectivity index (χ4v) is 7.05.